The van der Waals surface area contributed by atoms with Gasteiger partial charge in [0, 0.05) is 12.6 Å². The average Bonchev–Trinajstić information content (AvgIpc) is 2.71. The van der Waals surface area contributed by atoms with Gasteiger partial charge in [0.05, 0.1) is 6.61 Å². The van der Waals surface area contributed by atoms with Gasteiger partial charge in [-0.2, -0.15) is 0 Å². The minimum absolute atomic E-state index is 0.649. The third kappa shape index (κ3) is 2.68. The van der Waals surface area contributed by atoms with E-state index < -0.39 is 0 Å². The van der Waals surface area contributed by atoms with Gasteiger partial charge in [0.1, 0.15) is 0 Å². The molecule has 0 aromatic heterocycles. The molecule has 1 heterocycles. The quantitative estimate of drug-likeness (QED) is 0.720. The Hall–Kier alpha value is -0.0800. The van der Waals surface area contributed by atoms with Crippen LogP contribution < -0.4 is 5.32 Å². The van der Waals surface area contributed by atoms with Crippen LogP contribution in [0.15, 0.2) is 0 Å². The van der Waals surface area contributed by atoms with Crippen LogP contribution in [-0.2, 0) is 4.74 Å². The molecule has 3 atom stereocenters. The van der Waals surface area contributed by atoms with E-state index >= 15 is 0 Å². The van der Waals surface area contributed by atoms with Gasteiger partial charge in [-0.1, -0.05) is 13.3 Å². The smallest absolute Gasteiger partial charge is 0.0620 e. The van der Waals surface area contributed by atoms with Crippen LogP contribution in [0.4, 0.5) is 0 Å². The van der Waals surface area contributed by atoms with Crippen molar-refractivity contribution >= 4 is 0 Å². The molecule has 0 spiro atoms. The number of rotatable bonds is 3. The SMILES string of the molecule is CC1CCC(CNC2CCOC2)C1. The first kappa shape index (κ1) is 9.47. The zero-order valence-corrected chi connectivity index (χ0v) is 8.59. The van der Waals surface area contributed by atoms with Crippen LogP contribution in [0.25, 0.3) is 0 Å². The zero-order valence-electron chi connectivity index (χ0n) is 8.59. The molecule has 2 nitrogen and oxygen atoms in total. The number of nitrogens with one attached hydrogen (secondary N) is 1. The number of hydrogen-bond acceptors (Lipinski definition) is 2. The predicted octanol–water partition coefficient (Wildman–Crippen LogP) is 1.80. The van der Waals surface area contributed by atoms with E-state index in [1.807, 2.05) is 0 Å². The van der Waals surface area contributed by atoms with Gasteiger partial charge in [-0.15, -0.1) is 0 Å². The molecule has 3 unspecified atom stereocenters. The maximum absolute atomic E-state index is 5.33. The summed E-state index contributed by atoms with van der Waals surface area (Å²) in [5.74, 6) is 1.90. The first-order valence-corrected chi connectivity index (χ1v) is 5.65. The minimum Gasteiger partial charge on any atom is -0.380 e. The van der Waals surface area contributed by atoms with Crippen molar-refractivity contribution in [1.29, 1.82) is 0 Å². The van der Waals surface area contributed by atoms with Gasteiger partial charge in [0.2, 0.25) is 0 Å². The van der Waals surface area contributed by atoms with Crippen molar-refractivity contribution in [3.05, 3.63) is 0 Å². The van der Waals surface area contributed by atoms with E-state index in [-0.39, 0.29) is 0 Å². The van der Waals surface area contributed by atoms with Crippen molar-refractivity contribution in [3.8, 4) is 0 Å². The topological polar surface area (TPSA) is 21.3 Å². The maximum atomic E-state index is 5.33. The third-order valence-corrected chi connectivity index (χ3v) is 3.43. The van der Waals surface area contributed by atoms with Gasteiger partial charge in [-0.25, -0.2) is 0 Å². The maximum Gasteiger partial charge on any atom is 0.0620 e. The molecule has 1 aliphatic carbocycles. The first-order valence-electron chi connectivity index (χ1n) is 5.65. The lowest BCUT2D eigenvalue weighted by Gasteiger charge is -2.14. The largest absolute Gasteiger partial charge is 0.380 e. The second-order valence-electron chi connectivity index (χ2n) is 4.75. The Labute approximate surface area is 81.0 Å². The van der Waals surface area contributed by atoms with E-state index in [1.54, 1.807) is 0 Å². The molecule has 0 radical (unpaired) electrons. The second-order valence-corrected chi connectivity index (χ2v) is 4.75. The lowest BCUT2D eigenvalue weighted by molar-refractivity contribution is 0.189. The van der Waals surface area contributed by atoms with Crippen LogP contribution in [0.2, 0.25) is 0 Å². The lowest BCUT2D eigenvalue weighted by Crippen LogP contribution is -2.33. The second kappa shape index (κ2) is 4.43. The summed E-state index contributed by atoms with van der Waals surface area (Å²) in [5.41, 5.74) is 0. The molecule has 1 saturated carbocycles. The van der Waals surface area contributed by atoms with E-state index in [9.17, 15) is 0 Å². The standard InChI is InChI=1S/C11H21NO/c1-9-2-3-10(6-9)7-12-11-4-5-13-8-11/h9-12H,2-8H2,1H3. The molecule has 0 aromatic carbocycles. The van der Waals surface area contributed by atoms with Crippen LogP contribution in [0.3, 0.4) is 0 Å². The Bertz CT molecular complexity index is 154. The molecule has 2 heteroatoms. The van der Waals surface area contributed by atoms with Crippen molar-refractivity contribution in [2.75, 3.05) is 19.8 Å². The van der Waals surface area contributed by atoms with Crippen molar-refractivity contribution in [3.63, 3.8) is 0 Å². The fourth-order valence-corrected chi connectivity index (χ4v) is 2.54. The van der Waals surface area contributed by atoms with Gasteiger partial charge >= 0.3 is 0 Å². The predicted molar refractivity (Wildman–Crippen MR) is 53.7 cm³/mol. The monoisotopic (exact) mass is 183 g/mol. The summed E-state index contributed by atoms with van der Waals surface area (Å²) >= 11 is 0. The number of ether oxygens (including phenoxy) is 1. The summed E-state index contributed by atoms with van der Waals surface area (Å²) in [6.07, 6.45) is 5.51. The van der Waals surface area contributed by atoms with Crippen molar-refractivity contribution in [2.45, 2.75) is 38.6 Å². The molecule has 76 valence electrons. The molecular weight excluding hydrogens is 162 g/mol. The summed E-state index contributed by atoms with van der Waals surface area (Å²) in [6.45, 7) is 5.48. The van der Waals surface area contributed by atoms with Gasteiger partial charge in [0.25, 0.3) is 0 Å². The summed E-state index contributed by atoms with van der Waals surface area (Å²) in [7, 11) is 0. The Morgan fingerprint density at radius 1 is 1.31 bits per heavy atom. The summed E-state index contributed by atoms with van der Waals surface area (Å²) in [4.78, 5) is 0. The highest BCUT2D eigenvalue weighted by molar-refractivity contribution is 4.78. The molecule has 2 rings (SSSR count). The molecule has 2 fully saturated rings. The molecule has 13 heavy (non-hydrogen) atoms. The minimum atomic E-state index is 0.649. The van der Waals surface area contributed by atoms with E-state index in [4.69, 9.17) is 4.74 Å². The molecule has 0 amide bonds. The van der Waals surface area contributed by atoms with Gasteiger partial charge in [-0.3, -0.25) is 0 Å². The zero-order chi connectivity index (χ0) is 9.10. The van der Waals surface area contributed by atoms with Crippen LogP contribution in [-0.4, -0.2) is 25.8 Å². The van der Waals surface area contributed by atoms with Crippen molar-refractivity contribution in [1.82, 2.24) is 5.32 Å². The van der Waals surface area contributed by atoms with E-state index in [0.29, 0.717) is 6.04 Å². The Morgan fingerprint density at radius 2 is 2.23 bits per heavy atom. The summed E-state index contributed by atoms with van der Waals surface area (Å²) in [5, 5.41) is 3.62. The first-order chi connectivity index (χ1) is 6.34. The summed E-state index contributed by atoms with van der Waals surface area (Å²) < 4.78 is 5.33. The van der Waals surface area contributed by atoms with E-state index in [2.05, 4.69) is 12.2 Å². The molecule has 1 saturated heterocycles. The van der Waals surface area contributed by atoms with Crippen molar-refractivity contribution < 1.29 is 4.74 Å². The number of hydrogen-bond donors (Lipinski definition) is 1. The molecule has 1 aliphatic heterocycles. The van der Waals surface area contributed by atoms with Crippen LogP contribution in [0.1, 0.15) is 32.6 Å². The average molecular weight is 183 g/mol. The molecular formula is C11H21NO. The molecule has 1 N–H and O–H groups in total. The normalized spacial score (nSPS) is 39.9. The van der Waals surface area contributed by atoms with Crippen LogP contribution in [0.5, 0.6) is 0 Å². The molecule has 0 bridgehead atoms. The summed E-state index contributed by atoms with van der Waals surface area (Å²) in [6, 6.07) is 0.649. The molecule has 0 aromatic rings. The fourth-order valence-electron chi connectivity index (χ4n) is 2.54. The highest BCUT2D eigenvalue weighted by atomic mass is 16.5. The van der Waals surface area contributed by atoms with Gasteiger partial charge in [0.15, 0.2) is 0 Å². The van der Waals surface area contributed by atoms with Crippen LogP contribution >= 0.6 is 0 Å². The molecule has 2 aliphatic rings. The lowest BCUT2D eigenvalue weighted by atomic mass is 10.1. The van der Waals surface area contributed by atoms with E-state index in [0.717, 1.165) is 25.0 Å². The Morgan fingerprint density at radius 3 is 2.85 bits per heavy atom. The fraction of sp³-hybridized carbons (Fsp3) is 1.00. The van der Waals surface area contributed by atoms with Crippen LogP contribution in [0, 0.1) is 11.8 Å². The van der Waals surface area contributed by atoms with Crippen molar-refractivity contribution in [2.24, 2.45) is 11.8 Å². The van der Waals surface area contributed by atoms with E-state index in [1.165, 1.54) is 32.2 Å². The highest BCUT2D eigenvalue weighted by Gasteiger charge is 2.22. The Balaban J connectivity index is 1.62. The highest BCUT2D eigenvalue weighted by Crippen LogP contribution is 2.29. The van der Waals surface area contributed by atoms with Gasteiger partial charge < -0.3 is 10.1 Å². The van der Waals surface area contributed by atoms with Gasteiger partial charge in [-0.05, 0) is 37.6 Å². The third-order valence-electron chi connectivity index (χ3n) is 3.43. The Kier molecular flexibility index (Phi) is 3.23.